The molecule has 0 radical (unpaired) electrons. The van der Waals surface area contributed by atoms with E-state index in [1.165, 1.54) is 0 Å². The first-order chi connectivity index (χ1) is 11.0. The molecule has 6 nitrogen and oxygen atoms in total. The molecule has 2 aromatic rings. The van der Waals surface area contributed by atoms with Crippen molar-refractivity contribution in [3.05, 3.63) is 47.3 Å². The van der Waals surface area contributed by atoms with E-state index in [1.807, 2.05) is 19.2 Å². The highest BCUT2D eigenvalue weighted by Gasteiger charge is 2.28. The van der Waals surface area contributed by atoms with Crippen LogP contribution in [0.2, 0.25) is 0 Å². The van der Waals surface area contributed by atoms with Crippen LogP contribution in [0, 0.1) is 0 Å². The lowest BCUT2D eigenvalue weighted by Crippen LogP contribution is -2.13. The highest BCUT2D eigenvalue weighted by atomic mass is 16.4. The fourth-order valence-corrected chi connectivity index (χ4v) is 2.60. The molecule has 1 fully saturated rings. The summed E-state index contributed by atoms with van der Waals surface area (Å²) < 4.78 is 1.77. The van der Waals surface area contributed by atoms with Gasteiger partial charge >= 0.3 is 5.97 Å². The van der Waals surface area contributed by atoms with Crippen LogP contribution in [0.3, 0.4) is 0 Å². The second-order valence-electron chi connectivity index (χ2n) is 5.90. The first kappa shape index (κ1) is 15.3. The van der Waals surface area contributed by atoms with E-state index < -0.39 is 5.97 Å². The minimum absolute atomic E-state index is 0.0718. The number of nitrogens with one attached hydrogen (secondary N) is 1. The van der Waals surface area contributed by atoms with E-state index in [0.717, 1.165) is 24.1 Å². The quantitative estimate of drug-likeness (QED) is 0.858. The van der Waals surface area contributed by atoms with Crippen molar-refractivity contribution in [1.29, 1.82) is 0 Å². The van der Waals surface area contributed by atoms with Gasteiger partial charge in [-0.25, -0.2) is 0 Å². The Morgan fingerprint density at radius 2 is 2.13 bits per heavy atom. The largest absolute Gasteiger partial charge is 0.481 e. The Bertz CT molecular complexity index is 747. The van der Waals surface area contributed by atoms with Gasteiger partial charge in [-0.3, -0.25) is 14.3 Å². The van der Waals surface area contributed by atoms with Gasteiger partial charge in [0.15, 0.2) is 5.69 Å². The lowest BCUT2D eigenvalue weighted by Gasteiger charge is -2.05. The van der Waals surface area contributed by atoms with Gasteiger partial charge in [0.1, 0.15) is 0 Å². The van der Waals surface area contributed by atoms with Crippen LogP contribution in [-0.4, -0.2) is 26.8 Å². The first-order valence-corrected chi connectivity index (χ1v) is 7.69. The summed E-state index contributed by atoms with van der Waals surface area (Å²) in [7, 11) is 1.86. The fraction of sp³-hybridized carbons (Fsp3) is 0.353. The zero-order chi connectivity index (χ0) is 16.4. The van der Waals surface area contributed by atoms with Crippen molar-refractivity contribution < 1.29 is 14.7 Å². The van der Waals surface area contributed by atoms with E-state index in [4.69, 9.17) is 5.11 Å². The van der Waals surface area contributed by atoms with Gasteiger partial charge < -0.3 is 10.4 Å². The third-order valence-electron chi connectivity index (χ3n) is 3.96. The number of hydrogen-bond donors (Lipinski definition) is 2. The van der Waals surface area contributed by atoms with Gasteiger partial charge in [0.25, 0.3) is 5.91 Å². The summed E-state index contributed by atoms with van der Waals surface area (Å²) in [6, 6.07) is 9.09. The maximum atomic E-state index is 12.3. The first-order valence-electron chi connectivity index (χ1n) is 7.69. The molecule has 0 aliphatic heterocycles. The number of carbonyl (C=O) groups excluding carboxylic acids is 1. The Balaban J connectivity index is 1.68. The van der Waals surface area contributed by atoms with Crippen molar-refractivity contribution >= 4 is 17.6 Å². The smallest absolute Gasteiger partial charge is 0.303 e. The van der Waals surface area contributed by atoms with Crippen LogP contribution in [-0.2, 0) is 18.3 Å². The molecular formula is C17H19N3O3. The number of carbonyl (C=O) groups is 2. The average molecular weight is 313 g/mol. The van der Waals surface area contributed by atoms with Gasteiger partial charge in [0.2, 0.25) is 0 Å². The van der Waals surface area contributed by atoms with E-state index in [0.29, 0.717) is 23.7 Å². The van der Waals surface area contributed by atoms with Gasteiger partial charge in [0.05, 0.1) is 0 Å². The number of anilines is 1. The predicted molar refractivity (Wildman–Crippen MR) is 85.5 cm³/mol. The van der Waals surface area contributed by atoms with E-state index in [-0.39, 0.29) is 12.3 Å². The number of carboxylic acids is 1. The molecule has 0 atom stereocenters. The SMILES string of the molecule is Cn1nc(C(=O)Nc2cccc(CCC(=O)O)c2)cc1C1CC1. The number of amides is 1. The van der Waals surface area contributed by atoms with Crippen LogP contribution < -0.4 is 5.32 Å². The fourth-order valence-electron chi connectivity index (χ4n) is 2.60. The predicted octanol–water partition coefficient (Wildman–Crippen LogP) is 2.57. The molecule has 1 aromatic heterocycles. The number of aliphatic carboxylic acids is 1. The molecule has 0 spiro atoms. The summed E-state index contributed by atoms with van der Waals surface area (Å²) in [5, 5.41) is 15.8. The summed E-state index contributed by atoms with van der Waals surface area (Å²) in [6.45, 7) is 0. The highest BCUT2D eigenvalue weighted by molar-refractivity contribution is 6.03. The highest BCUT2D eigenvalue weighted by Crippen LogP contribution is 2.39. The minimum Gasteiger partial charge on any atom is -0.481 e. The van der Waals surface area contributed by atoms with Crippen molar-refractivity contribution in [2.24, 2.45) is 7.05 Å². The van der Waals surface area contributed by atoms with E-state index in [1.54, 1.807) is 22.9 Å². The second-order valence-corrected chi connectivity index (χ2v) is 5.90. The molecule has 0 saturated heterocycles. The molecule has 1 amide bonds. The molecular weight excluding hydrogens is 294 g/mol. The van der Waals surface area contributed by atoms with Crippen molar-refractivity contribution in [2.45, 2.75) is 31.6 Å². The molecule has 0 bridgehead atoms. The summed E-state index contributed by atoms with van der Waals surface area (Å²) in [6.07, 6.45) is 2.83. The molecule has 6 heteroatoms. The average Bonchev–Trinajstić information content (AvgIpc) is 3.28. The Morgan fingerprint density at radius 1 is 1.35 bits per heavy atom. The lowest BCUT2D eigenvalue weighted by atomic mass is 10.1. The molecule has 120 valence electrons. The second kappa shape index (κ2) is 6.24. The molecule has 3 rings (SSSR count). The lowest BCUT2D eigenvalue weighted by molar-refractivity contribution is -0.136. The van der Waals surface area contributed by atoms with Gasteiger partial charge in [-0.15, -0.1) is 0 Å². The summed E-state index contributed by atoms with van der Waals surface area (Å²) >= 11 is 0. The number of carboxylic acid groups (broad SMARTS) is 1. The molecule has 0 unspecified atom stereocenters. The summed E-state index contributed by atoms with van der Waals surface area (Å²) in [4.78, 5) is 23.0. The molecule has 23 heavy (non-hydrogen) atoms. The number of aromatic nitrogens is 2. The van der Waals surface area contributed by atoms with Gasteiger partial charge in [-0.1, -0.05) is 12.1 Å². The van der Waals surface area contributed by atoms with Gasteiger partial charge in [-0.2, -0.15) is 5.10 Å². The standard InChI is InChI=1S/C17H19N3O3/c1-20-15(12-6-7-12)10-14(19-20)17(23)18-13-4-2-3-11(9-13)5-8-16(21)22/h2-4,9-10,12H,5-8H2,1H3,(H,18,23)(H,21,22). The van der Waals surface area contributed by atoms with E-state index in [2.05, 4.69) is 10.4 Å². The topological polar surface area (TPSA) is 84.2 Å². The van der Waals surface area contributed by atoms with Crippen molar-refractivity contribution in [3.63, 3.8) is 0 Å². The maximum absolute atomic E-state index is 12.3. The third kappa shape index (κ3) is 3.77. The molecule has 1 aromatic carbocycles. The third-order valence-corrected chi connectivity index (χ3v) is 3.96. The molecule has 2 N–H and O–H groups in total. The van der Waals surface area contributed by atoms with Crippen LogP contribution in [0.15, 0.2) is 30.3 Å². The Morgan fingerprint density at radius 3 is 2.83 bits per heavy atom. The Hall–Kier alpha value is -2.63. The number of rotatable bonds is 6. The zero-order valence-corrected chi connectivity index (χ0v) is 13.0. The monoisotopic (exact) mass is 313 g/mol. The van der Waals surface area contributed by atoms with E-state index in [9.17, 15) is 9.59 Å². The van der Waals surface area contributed by atoms with Crippen LogP contribution in [0.25, 0.3) is 0 Å². The molecule has 1 heterocycles. The molecule has 1 aliphatic carbocycles. The number of aryl methyl sites for hydroxylation is 2. The normalized spacial score (nSPS) is 13.8. The van der Waals surface area contributed by atoms with Crippen LogP contribution >= 0.6 is 0 Å². The number of hydrogen-bond acceptors (Lipinski definition) is 3. The van der Waals surface area contributed by atoms with Crippen molar-refractivity contribution in [1.82, 2.24) is 9.78 Å². The van der Waals surface area contributed by atoms with E-state index >= 15 is 0 Å². The van der Waals surface area contributed by atoms with Crippen molar-refractivity contribution in [3.8, 4) is 0 Å². The zero-order valence-electron chi connectivity index (χ0n) is 13.0. The number of nitrogens with zero attached hydrogens (tertiary/aromatic N) is 2. The van der Waals surface area contributed by atoms with Gasteiger partial charge in [-0.05, 0) is 43.0 Å². The van der Waals surface area contributed by atoms with Gasteiger partial charge in [0, 0.05) is 30.8 Å². The van der Waals surface area contributed by atoms with Crippen LogP contribution in [0.5, 0.6) is 0 Å². The minimum atomic E-state index is -0.833. The molecule has 1 saturated carbocycles. The maximum Gasteiger partial charge on any atom is 0.303 e. The Kier molecular flexibility index (Phi) is 4.14. The van der Waals surface area contributed by atoms with Crippen LogP contribution in [0.1, 0.15) is 46.9 Å². The number of benzene rings is 1. The summed E-state index contributed by atoms with van der Waals surface area (Å²) in [5.41, 5.74) is 3.04. The van der Waals surface area contributed by atoms with Crippen molar-refractivity contribution in [2.75, 3.05) is 5.32 Å². The summed E-state index contributed by atoms with van der Waals surface area (Å²) in [5.74, 6) is -0.545. The molecule has 1 aliphatic rings. The van der Waals surface area contributed by atoms with Crippen LogP contribution in [0.4, 0.5) is 5.69 Å². The Labute approximate surface area is 134 Å².